The molecule has 0 aliphatic heterocycles. The van der Waals surface area contributed by atoms with Gasteiger partial charge in [-0.3, -0.25) is 4.79 Å². The zero-order valence-corrected chi connectivity index (χ0v) is 15.5. The third kappa shape index (κ3) is 2.84. The molecule has 0 spiro atoms. The molecule has 0 saturated heterocycles. The van der Waals surface area contributed by atoms with Crippen LogP contribution in [0, 0.1) is 24.2 Å². The molecule has 4 aliphatic carbocycles. The van der Waals surface area contributed by atoms with E-state index < -0.39 is 5.97 Å². The lowest BCUT2D eigenvalue weighted by Gasteiger charge is -2.59. The molecule has 25 heavy (non-hydrogen) atoms. The fourth-order valence-electron chi connectivity index (χ4n) is 5.67. The highest BCUT2D eigenvalue weighted by molar-refractivity contribution is 6.24. The van der Waals surface area contributed by atoms with Crippen LogP contribution in [0.3, 0.4) is 0 Å². The highest BCUT2D eigenvalue weighted by atomic mass is 35.5. The second-order valence-electron chi connectivity index (χ2n) is 8.37. The number of nitrogens with one attached hydrogen (secondary N) is 1. The Balaban J connectivity index is 1.59. The molecule has 4 aliphatic rings. The third-order valence-corrected chi connectivity index (χ3v) is 6.82. The first-order valence-electron chi connectivity index (χ1n) is 9.02. The van der Waals surface area contributed by atoms with Gasteiger partial charge in [-0.05, 0) is 75.0 Å². The average molecular weight is 362 g/mol. The number of anilines is 1. The number of carbonyl (C=O) groups excluding carboxylic acids is 2. The maximum absolute atomic E-state index is 13.2. The second-order valence-corrected chi connectivity index (χ2v) is 9.17. The van der Waals surface area contributed by atoms with Gasteiger partial charge in [-0.1, -0.05) is 6.07 Å². The summed E-state index contributed by atoms with van der Waals surface area (Å²) in [6, 6.07) is 5.26. The minimum atomic E-state index is -0.398. The maximum atomic E-state index is 13.2. The van der Waals surface area contributed by atoms with Crippen molar-refractivity contribution in [3.63, 3.8) is 0 Å². The number of hydrogen-bond donors (Lipinski definition) is 1. The zero-order chi connectivity index (χ0) is 17.8. The maximum Gasteiger partial charge on any atom is 0.337 e. The van der Waals surface area contributed by atoms with E-state index >= 15 is 0 Å². The third-order valence-electron chi connectivity index (χ3n) is 6.38. The first-order chi connectivity index (χ1) is 11.8. The lowest BCUT2D eigenvalue weighted by atomic mass is 9.49. The molecule has 1 aromatic carbocycles. The van der Waals surface area contributed by atoms with E-state index in [9.17, 15) is 9.59 Å². The van der Waals surface area contributed by atoms with E-state index in [1.165, 1.54) is 13.5 Å². The van der Waals surface area contributed by atoms with Crippen molar-refractivity contribution in [3.05, 3.63) is 29.3 Å². The summed E-state index contributed by atoms with van der Waals surface area (Å²) in [5, 5.41) is 3.10. The van der Waals surface area contributed by atoms with Gasteiger partial charge in [0.2, 0.25) is 5.91 Å². The molecule has 134 valence electrons. The van der Waals surface area contributed by atoms with Crippen molar-refractivity contribution >= 4 is 29.2 Å². The van der Waals surface area contributed by atoms with E-state index in [4.69, 9.17) is 16.3 Å². The highest BCUT2D eigenvalue weighted by Gasteiger charge is 2.60. The van der Waals surface area contributed by atoms with Gasteiger partial charge in [0.25, 0.3) is 0 Å². The van der Waals surface area contributed by atoms with Crippen molar-refractivity contribution in [2.24, 2.45) is 17.3 Å². The molecule has 1 aromatic rings. The number of methoxy groups -OCH3 is 1. The van der Waals surface area contributed by atoms with Gasteiger partial charge in [-0.2, -0.15) is 0 Å². The Morgan fingerprint density at radius 1 is 1.20 bits per heavy atom. The molecule has 4 saturated carbocycles. The van der Waals surface area contributed by atoms with Crippen molar-refractivity contribution in [2.45, 2.75) is 50.3 Å². The Hall–Kier alpha value is -1.55. The monoisotopic (exact) mass is 361 g/mol. The summed E-state index contributed by atoms with van der Waals surface area (Å²) < 4.78 is 4.78. The van der Waals surface area contributed by atoms with Crippen LogP contribution in [0.15, 0.2) is 18.2 Å². The molecule has 0 aromatic heterocycles. The lowest BCUT2D eigenvalue weighted by Crippen LogP contribution is -2.57. The zero-order valence-electron chi connectivity index (χ0n) is 14.7. The van der Waals surface area contributed by atoms with Crippen LogP contribution < -0.4 is 5.32 Å². The predicted octanol–water partition coefficient (Wildman–Crippen LogP) is 4.30. The van der Waals surface area contributed by atoms with Crippen LogP contribution in [0.4, 0.5) is 5.69 Å². The van der Waals surface area contributed by atoms with E-state index in [0.29, 0.717) is 23.1 Å². The number of rotatable bonds is 3. The van der Waals surface area contributed by atoms with Crippen molar-refractivity contribution in [1.82, 2.24) is 0 Å². The molecule has 0 radical (unpaired) electrons. The summed E-state index contributed by atoms with van der Waals surface area (Å²) in [7, 11) is 1.36. The van der Waals surface area contributed by atoms with Crippen LogP contribution in [0.25, 0.3) is 0 Å². The number of ether oxygens (including phenoxy) is 1. The smallest absolute Gasteiger partial charge is 0.337 e. The molecule has 1 N–H and O–H groups in total. The molecule has 2 unspecified atom stereocenters. The Labute approximate surface area is 153 Å². The number of aryl methyl sites for hydroxylation is 1. The average Bonchev–Trinajstić information content (AvgIpc) is 2.53. The minimum absolute atomic E-state index is 0.0664. The molecule has 4 nitrogen and oxygen atoms in total. The van der Waals surface area contributed by atoms with Crippen molar-refractivity contribution in [1.29, 1.82) is 0 Å². The molecule has 5 rings (SSSR count). The summed E-state index contributed by atoms with van der Waals surface area (Å²) in [6.07, 6.45) is 5.99. The van der Waals surface area contributed by atoms with E-state index in [-0.39, 0.29) is 16.2 Å². The number of esters is 1. The van der Waals surface area contributed by atoms with Crippen LogP contribution in [0.1, 0.15) is 54.4 Å². The summed E-state index contributed by atoms with van der Waals surface area (Å²) in [6.45, 7) is 1.93. The van der Waals surface area contributed by atoms with E-state index in [2.05, 4.69) is 5.32 Å². The van der Waals surface area contributed by atoms with Gasteiger partial charge in [-0.15, -0.1) is 11.6 Å². The van der Waals surface area contributed by atoms with Gasteiger partial charge >= 0.3 is 5.97 Å². The van der Waals surface area contributed by atoms with Crippen molar-refractivity contribution in [3.8, 4) is 0 Å². The Kier molecular flexibility index (Phi) is 3.87. The number of halogens is 1. The van der Waals surface area contributed by atoms with Crippen LogP contribution in [-0.2, 0) is 9.53 Å². The molecule has 4 bridgehead atoms. The lowest BCUT2D eigenvalue weighted by molar-refractivity contribution is -0.138. The van der Waals surface area contributed by atoms with Crippen molar-refractivity contribution < 1.29 is 14.3 Å². The summed E-state index contributed by atoms with van der Waals surface area (Å²) in [5.74, 6) is 0.820. The van der Waals surface area contributed by atoms with Crippen molar-refractivity contribution in [2.75, 3.05) is 12.4 Å². The van der Waals surface area contributed by atoms with Crippen LogP contribution in [-0.4, -0.2) is 23.9 Å². The quantitative estimate of drug-likeness (QED) is 0.645. The van der Waals surface area contributed by atoms with Gasteiger partial charge in [0, 0.05) is 10.6 Å². The normalized spacial score (nSPS) is 35.5. The predicted molar refractivity (Wildman–Crippen MR) is 96.8 cm³/mol. The highest BCUT2D eigenvalue weighted by Crippen LogP contribution is 2.64. The molecular formula is C20H24ClNO3. The minimum Gasteiger partial charge on any atom is -0.465 e. The van der Waals surface area contributed by atoms with Crippen LogP contribution >= 0.6 is 11.6 Å². The number of carbonyl (C=O) groups is 2. The first-order valence-corrected chi connectivity index (χ1v) is 9.40. The Morgan fingerprint density at radius 2 is 1.88 bits per heavy atom. The molecule has 0 heterocycles. The first kappa shape index (κ1) is 16.9. The van der Waals surface area contributed by atoms with Crippen LogP contribution in [0.5, 0.6) is 0 Å². The fourth-order valence-corrected chi connectivity index (χ4v) is 6.37. The van der Waals surface area contributed by atoms with E-state index in [0.717, 1.165) is 37.7 Å². The number of alkyl halides is 1. The van der Waals surface area contributed by atoms with Gasteiger partial charge < -0.3 is 10.1 Å². The number of hydrogen-bond acceptors (Lipinski definition) is 3. The number of benzene rings is 1. The molecular weight excluding hydrogens is 338 g/mol. The molecule has 5 heteroatoms. The fraction of sp³-hybridized carbons (Fsp3) is 0.600. The summed E-state index contributed by atoms with van der Waals surface area (Å²) in [4.78, 5) is 24.8. The molecule has 1 amide bonds. The number of amides is 1. The topological polar surface area (TPSA) is 55.4 Å². The van der Waals surface area contributed by atoms with Gasteiger partial charge in [0.1, 0.15) is 0 Å². The van der Waals surface area contributed by atoms with Gasteiger partial charge in [0.05, 0.1) is 18.1 Å². The van der Waals surface area contributed by atoms with Gasteiger partial charge in [0.15, 0.2) is 0 Å². The molecule has 4 atom stereocenters. The summed E-state index contributed by atoms with van der Waals surface area (Å²) >= 11 is 6.84. The SMILES string of the molecule is COC(=O)c1ccc(C)c(NC(=O)C23C[C@@H]4C[C@@H](CC(Cl)(C4)C2)C3)c1. The molecule has 4 fully saturated rings. The summed E-state index contributed by atoms with van der Waals surface area (Å²) in [5.41, 5.74) is 1.72. The largest absolute Gasteiger partial charge is 0.465 e. The van der Waals surface area contributed by atoms with E-state index in [1.54, 1.807) is 12.1 Å². The standard InChI is InChI=1S/C20H24ClNO3/c1-12-3-4-15(17(23)25-2)6-16(12)22-18(24)19-7-13-5-14(8-19)10-20(21,9-13)11-19/h3-4,6,13-14H,5,7-11H2,1-2H3,(H,22,24)/t13-,14+,19?,20?. The second kappa shape index (κ2) is 5.73. The Bertz CT molecular complexity index is 730. The Morgan fingerprint density at radius 3 is 2.48 bits per heavy atom. The van der Waals surface area contributed by atoms with Crippen LogP contribution in [0.2, 0.25) is 0 Å². The van der Waals surface area contributed by atoms with E-state index in [1.807, 2.05) is 13.0 Å². The van der Waals surface area contributed by atoms with Gasteiger partial charge in [-0.25, -0.2) is 4.79 Å².